The maximum Gasteiger partial charge on any atom is 0.332 e. The SMILES string of the molecule is CC(C)Cn1c(N)c(C(=O)CSc2nnc(COc3ccccc3Cl)o2)c(=O)n(C)c1=O. The molecule has 2 N–H and O–H groups in total. The zero-order valence-electron chi connectivity index (χ0n) is 17.7. The third-order valence-corrected chi connectivity index (χ3v) is 5.50. The predicted molar refractivity (Wildman–Crippen MR) is 120 cm³/mol. The summed E-state index contributed by atoms with van der Waals surface area (Å²) in [4.78, 5) is 37.6. The lowest BCUT2D eigenvalue weighted by atomic mass is 10.2. The molecule has 3 rings (SSSR count). The number of ketones is 1. The molecule has 10 nitrogen and oxygen atoms in total. The van der Waals surface area contributed by atoms with E-state index in [-0.39, 0.29) is 47.3 Å². The number of anilines is 1. The fraction of sp³-hybridized carbons (Fsp3) is 0.350. The van der Waals surface area contributed by atoms with E-state index in [4.69, 9.17) is 26.5 Å². The number of para-hydroxylation sites is 1. The second-order valence-corrected chi connectivity index (χ2v) is 8.64. The average Bonchev–Trinajstić information content (AvgIpc) is 3.21. The molecule has 0 amide bonds. The van der Waals surface area contributed by atoms with Crippen molar-refractivity contribution in [3.05, 3.63) is 61.6 Å². The molecule has 0 saturated carbocycles. The van der Waals surface area contributed by atoms with Crippen LogP contribution >= 0.6 is 23.4 Å². The number of ether oxygens (including phenoxy) is 1. The van der Waals surface area contributed by atoms with Crippen LogP contribution in [-0.2, 0) is 20.2 Å². The van der Waals surface area contributed by atoms with E-state index in [0.717, 1.165) is 16.3 Å². The first-order valence-electron chi connectivity index (χ1n) is 9.64. The number of rotatable bonds is 9. The lowest BCUT2D eigenvalue weighted by Crippen LogP contribution is -2.43. The number of nitrogens with zero attached hydrogens (tertiary/aromatic N) is 4. The quantitative estimate of drug-likeness (QED) is 0.362. The molecule has 0 bridgehead atoms. The van der Waals surface area contributed by atoms with Gasteiger partial charge in [0, 0.05) is 13.6 Å². The molecule has 170 valence electrons. The monoisotopic (exact) mass is 479 g/mol. The fourth-order valence-corrected chi connectivity index (χ4v) is 3.69. The third-order valence-electron chi connectivity index (χ3n) is 4.37. The third kappa shape index (κ3) is 5.22. The summed E-state index contributed by atoms with van der Waals surface area (Å²) in [6.45, 7) is 4.08. The maximum absolute atomic E-state index is 12.8. The summed E-state index contributed by atoms with van der Waals surface area (Å²) in [7, 11) is 1.31. The first kappa shape index (κ1) is 23.6. The van der Waals surface area contributed by atoms with Gasteiger partial charge in [-0.2, -0.15) is 0 Å². The topological polar surface area (TPSA) is 135 Å². The van der Waals surface area contributed by atoms with Crippen LogP contribution in [0, 0.1) is 5.92 Å². The van der Waals surface area contributed by atoms with Crippen molar-refractivity contribution < 1.29 is 13.9 Å². The van der Waals surface area contributed by atoms with Crippen LogP contribution in [0.3, 0.4) is 0 Å². The van der Waals surface area contributed by atoms with Crippen LogP contribution in [0.5, 0.6) is 5.75 Å². The highest BCUT2D eigenvalue weighted by atomic mass is 35.5. The molecule has 2 heterocycles. The van der Waals surface area contributed by atoms with Crippen molar-refractivity contribution in [1.82, 2.24) is 19.3 Å². The Hall–Kier alpha value is -3.05. The molecule has 0 atom stereocenters. The fourth-order valence-electron chi connectivity index (χ4n) is 2.84. The molecule has 12 heteroatoms. The molecule has 1 aromatic carbocycles. The number of hydrogen-bond donors (Lipinski definition) is 1. The lowest BCUT2D eigenvalue weighted by Gasteiger charge is -2.15. The van der Waals surface area contributed by atoms with Crippen molar-refractivity contribution in [3.63, 3.8) is 0 Å². The van der Waals surface area contributed by atoms with Crippen LogP contribution < -0.4 is 21.7 Å². The maximum atomic E-state index is 12.8. The van der Waals surface area contributed by atoms with E-state index in [0.29, 0.717) is 10.8 Å². The van der Waals surface area contributed by atoms with E-state index in [9.17, 15) is 14.4 Å². The summed E-state index contributed by atoms with van der Waals surface area (Å²) in [5, 5.41) is 8.30. The molecular weight excluding hydrogens is 458 g/mol. The Morgan fingerprint density at radius 1 is 1.28 bits per heavy atom. The lowest BCUT2D eigenvalue weighted by molar-refractivity contribution is 0.102. The first-order chi connectivity index (χ1) is 15.2. The van der Waals surface area contributed by atoms with Crippen molar-refractivity contribution in [3.8, 4) is 5.75 Å². The Kier molecular flexibility index (Phi) is 7.41. The van der Waals surface area contributed by atoms with Gasteiger partial charge in [0.15, 0.2) is 12.4 Å². The normalized spacial score (nSPS) is 11.2. The van der Waals surface area contributed by atoms with Gasteiger partial charge in [0.2, 0.25) is 0 Å². The second kappa shape index (κ2) is 10.0. The molecule has 2 aromatic heterocycles. The van der Waals surface area contributed by atoms with E-state index in [1.807, 2.05) is 13.8 Å². The number of nitrogen functional groups attached to an aromatic ring is 1. The van der Waals surface area contributed by atoms with Gasteiger partial charge in [-0.05, 0) is 18.1 Å². The van der Waals surface area contributed by atoms with E-state index in [1.165, 1.54) is 11.6 Å². The van der Waals surface area contributed by atoms with Crippen molar-refractivity contribution >= 4 is 35.0 Å². The van der Waals surface area contributed by atoms with Crippen LogP contribution in [0.1, 0.15) is 30.1 Å². The highest BCUT2D eigenvalue weighted by Gasteiger charge is 2.22. The summed E-state index contributed by atoms with van der Waals surface area (Å²) in [5.41, 5.74) is 4.49. The van der Waals surface area contributed by atoms with Gasteiger partial charge in [-0.25, -0.2) is 4.79 Å². The molecule has 0 aliphatic heterocycles. The zero-order valence-corrected chi connectivity index (χ0v) is 19.3. The molecule has 0 fully saturated rings. The number of hydrogen-bond acceptors (Lipinski definition) is 9. The van der Waals surface area contributed by atoms with Crippen LogP contribution in [0.25, 0.3) is 0 Å². The molecule has 0 spiro atoms. The van der Waals surface area contributed by atoms with Gasteiger partial charge in [-0.3, -0.25) is 18.7 Å². The van der Waals surface area contributed by atoms with Crippen molar-refractivity contribution in [1.29, 1.82) is 0 Å². The Bertz CT molecular complexity index is 1250. The number of Topliss-reactive ketones (excluding diaryl/α,β-unsaturated/α-hetero) is 1. The van der Waals surface area contributed by atoms with Crippen molar-refractivity contribution in [2.24, 2.45) is 13.0 Å². The minimum Gasteiger partial charge on any atom is -0.482 e. The van der Waals surface area contributed by atoms with E-state index < -0.39 is 17.0 Å². The van der Waals surface area contributed by atoms with Crippen molar-refractivity contribution in [2.75, 3.05) is 11.5 Å². The number of aromatic nitrogens is 4. The molecule has 32 heavy (non-hydrogen) atoms. The number of halogens is 1. The highest BCUT2D eigenvalue weighted by molar-refractivity contribution is 7.99. The second-order valence-electron chi connectivity index (χ2n) is 7.30. The molecule has 0 unspecified atom stereocenters. The molecule has 0 radical (unpaired) electrons. The van der Waals surface area contributed by atoms with Gasteiger partial charge in [-0.15, -0.1) is 10.2 Å². The van der Waals surface area contributed by atoms with E-state index in [2.05, 4.69) is 10.2 Å². The number of carbonyl (C=O) groups is 1. The van der Waals surface area contributed by atoms with Gasteiger partial charge in [0.05, 0.1) is 10.8 Å². The Morgan fingerprint density at radius 2 is 2.00 bits per heavy atom. The molecule has 0 aliphatic rings. The number of thioether (sulfide) groups is 1. The summed E-state index contributed by atoms with van der Waals surface area (Å²) < 4.78 is 13.1. The van der Waals surface area contributed by atoms with E-state index in [1.54, 1.807) is 24.3 Å². The van der Waals surface area contributed by atoms with Gasteiger partial charge in [0.25, 0.3) is 16.7 Å². The average molecular weight is 480 g/mol. The molecular formula is C20H22ClN5O5S. The Balaban J connectivity index is 1.70. The number of nitrogens with two attached hydrogens (primary N) is 1. The minimum atomic E-state index is -0.738. The largest absolute Gasteiger partial charge is 0.482 e. The van der Waals surface area contributed by atoms with E-state index >= 15 is 0 Å². The Labute approximate surface area is 192 Å². The first-order valence-corrected chi connectivity index (χ1v) is 11.0. The van der Waals surface area contributed by atoms with Gasteiger partial charge in [-0.1, -0.05) is 49.3 Å². The minimum absolute atomic E-state index is 0.00110. The summed E-state index contributed by atoms with van der Waals surface area (Å²) in [6, 6.07) is 6.96. The molecule has 0 aliphatic carbocycles. The molecule has 3 aromatic rings. The standard InChI is InChI=1S/C20H22ClN5O5S/c1-11(2)8-26-17(22)16(18(28)25(3)20(26)29)13(27)10-32-19-24-23-15(31-19)9-30-14-7-5-4-6-12(14)21/h4-7,11H,8-10,22H2,1-3H3. The van der Waals surface area contributed by atoms with Gasteiger partial charge < -0.3 is 14.9 Å². The van der Waals surface area contributed by atoms with Crippen LogP contribution in [-0.4, -0.2) is 30.9 Å². The summed E-state index contributed by atoms with van der Waals surface area (Å²) >= 11 is 6.99. The summed E-state index contributed by atoms with van der Waals surface area (Å²) in [5.74, 6) is -0.101. The van der Waals surface area contributed by atoms with Gasteiger partial charge in [0.1, 0.15) is 17.1 Å². The predicted octanol–water partition coefficient (Wildman–Crippen LogP) is 2.38. The zero-order chi connectivity index (χ0) is 23.4. The summed E-state index contributed by atoms with van der Waals surface area (Å²) in [6.07, 6.45) is 0. The number of carbonyl (C=O) groups excluding carboxylic acids is 1. The van der Waals surface area contributed by atoms with Crippen LogP contribution in [0.4, 0.5) is 5.82 Å². The van der Waals surface area contributed by atoms with Crippen molar-refractivity contribution in [2.45, 2.75) is 32.2 Å². The van der Waals surface area contributed by atoms with Crippen LogP contribution in [0.2, 0.25) is 5.02 Å². The Morgan fingerprint density at radius 3 is 2.69 bits per heavy atom. The number of benzene rings is 1. The smallest absolute Gasteiger partial charge is 0.332 e. The van der Waals surface area contributed by atoms with Gasteiger partial charge >= 0.3 is 5.69 Å². The molecule has 0 saturated heterocycles. The van der Waals surface area contributed by atoms with Crippen LogP contribution in [0.15, 0.2) is 43.5 Å². The highest BCUT2D eigenvalue weighted by Crippen LogP contribution is 2.24.